The maximum atomic E-state index is 13.0. The van der Waals surface area contributed by atoms with Crippen LogP contribution in [0.3, 0.4) is 0 Å². The van der Waals surface area contributed by atoms with Gasteiger partial charge >= 0.3 is 6.18 Å². The third-order valence-electron chi connectivity index (χ3n) is 4.42. The van der Waals surface area contributed by atoms with Crippen molar-refractivity contribution in [2.24, 2.45) is 0 Å². The molecular weight excluding hydrogens is 403 g/mol. The minimum absolute atomic E-state index is 0.0961. The van der Waals surface area contributed by atoms with E-state index in [0.717, 1.165) is 17.4 Å². The second-order valence-corrected chi connectivity index (χ2v) is 7.57. The van der Waals surface area contributed by atoms with Crippen molar-refractivity contribution in [1.29, 1.82) is 0 Å². The van der Waals surface area contributed by atoms with Crippen molar-refractivity contribution >= 4 is 27.3 Å². The summed E-state index contributed by atoms with van der Waals surface area (Å²) in [5.74, 6) is -0.127. The summed E-state index contributed by atoms with van der Waals surface area (Å²) in [5.41, 5.74) is -0.619. The number of benzene rings is 1. The molecule has 0 saturated carbocycles. The van der Waals surface area contributed by atoms with Gasteiger partial charge in [0.1, 0.15) is 0 Å². The van der Waals surface area contributed by atoms with Crippen LogP contribution >= 0.6 is 11.3 Å². The van der Waals surface area contributed by atoms with Crippen LogP contribution in [0.2, 0.25) is 0 Å². The molecule has 1 aliphatic heterocycles. The fraction of sp³-hybridized carbons (Fsp3) is 0.300. The highest BCUT2D eigenvalue weighted by Gasteiger charge is 2.33. The van der Waals surface area contributed by atoms with Crippen LogP contribution in [-0.4, -0.2) is 40.2 Å². The maximum Gasteiger partial charge on any atom is 0.417 e. The van der Waals surface area contributed by atoms with Crippen molar-refractivity contribution in [3.05, 3.63) is 65.8 Å². The molecule has 1 amide bonds. The van der Waals surface area contributed by atoms with Gasteiger partial charge in [-0.1, -0.05) is 12.6 Å². The van der Waals surface area contributed by atoms with Gasteiger partial charge in [0.25, 0.3) is 0 Å². The number of rotatable bonds is 4. The minimum atomic E-state index is -4.37. The topological polar surface area (TPSA) is 58.2 Å². The average molecular weight is 423 g/mol. The smallest absolute Gasteiger partial charge is 0.371 e. The van der Waals surface area contributed by atoms with Crippen molar-refractivity contribution in [2.45, 2.75) is 25.3 Å². The second-order valence-electron chi connectivity index (χ2n) is 6.40. The molecule has 1 unspecified atom stereocenters. The summed E-state index contributed by atoms with van der Waals surface area (Å²) in [6.45, 7) is 4.80. The van der Waals surface area contributed by atoms with Gasteiger partial charge in [0.2, 0.25) is 5.91 Å². The zero-order chi connectivity index (χ0) is 20.9. The summed E-state index contributed by atoms with van der Waals surface area (Å²) in [6.07, 6.45) is 0.988. The lowest BCUT2D eigenvalue weighted by atomic mass is 10.1. The first-order valence-corrected chi connectivity index (χ1v) is 9.75. The van der Waals surface area contributed by atoms with Crippen molar-refractivity contribution in [1.82, 2.24) is 15.1 Å². The van der Waals surface area contributed by atoms with Gasteiger partial charge in [-0.25, -0.2) is 0 Å². The van der Waals surface area contributed by atoms with Gasteiger partial charge < -0.3 is 9.64 Å². The van der Waals surface area contributed by atoms with E-state index in [4.69, 9.17) is 4.74 Å². The Labute approximate surface area is 169 Å². The number of likely N-dealkylation sites (tertiary alicyclic amines) is 1. The molecular formula is C20H20F3N3O2S. The third-order valence-corrected chi connectivity index (χ3v) is 5.49. The summed E-state index contributed by atoms with van der Waals surface area (Å²) >= 11 is 1.30. The predicted molar refractivity (Wildman–Crippen MR) is 105 cm³/mol. The van der Waals surface area contributed by atoms with Gasteiger partial charge in [0, 0.05) is 40.4 Å². The van der Waals surface area contributed by atoms with Crippen molar-refractivity contribution < 1.29 is 22.7 Å². The highest BCUT2D eigenvalue weighted by molar-refractivity contribution is 7.19. The highest BCUT2D eigenvalue weighted by Crippen LogP contribution is 2.38. The monoisotopic (exact) mass is 423 g/mol. The number of thiophene rings is 1. The molecule has 1 fully saturated rings. The summed E-state index contributed by atoms with van der Waals surface area (Å²) in [6, 6.07) is 7.57. The molecule has 2 aromatic heterocycles. The molecule has 1 aliphatic rings. The third kappa shape index (κ3) is 5.45. The molecule has 4 rings (SSSR count). The Kier molecular flexibility index (Phi) is 6.71. The number of halogens is 3. The molecule has 0 aliphatic carbocycles. The molecule has 3 aromatic rings. The Hall–Kier alpha value is -2.65. The summed E-state index contributed by atoms with van der Waals surface area (Å²) < 4.78 is 45.5. The van der Waals surface area contributed by atoms with E-state index < -0.39 is 11.7 Å². The van der Waals surface area contributed by atoms with E-state index in [0.29, 0.717) is 17.8 Å². The molecule has 154 valence electrons. The number of carbonyl (C=O) groups excluding carboxylic acids is 1. The summed E-state index contributed by atoms with van der Waals surface area (Å²) in [5, 5.41) is 6.42. The van der Waals surface area contributed by atoms with Crippen LogP contribution < -0.4 is 0 Å². The molecule has 3 heterocycles. The van der Waals surface area contributed by atoms with Gasteiger partial charge in [0.15, 0.2) is 0 Å². The van der Waals surface area contributed by atoms with Crippen LogP contribution in [0.1, 0.15) is 16.9 Å². The number of alkyl halides is 3. The van der Waals surface area contributed by atoms with Gasteiger partial charge in [-0.05, 0) is 36.8 Å². The van der Waals surface area contributed by atoms with Crippen LogP contribution in [0.15, 0.2) is 55.4 Å². The molecule has 1 saturated heterocycles. The van der Waals surface area contributed by atoms with E-state index >= 15 is 0 Å². The largest absolute Gasteiger partial charge is 0.417 e. The number of ether oxygens (including phenoxy) is 1. The zero-order valence-corrected chi connectivity index (χ0v) is 16.3. The summed E-state index contributed by atoms with van der Waals surface area (Å²) in [4.78, 5) is 13.9. The van der Waals surface area contributed by atoms with Crippen molar-refractivity contribution in [3.63, 3.8) is 0 Å². The fourth-order valence-corrected chi connectivity index (χ4v) is 4.05. The molecule has 9 heteroatoms. The van der Waals surface area contributed by atoms with Gasteiger partial charge in [-0.2, -0.15) is 18.3 Å². The average Bonchev–Trinajstić information content (AvgIpc) is 3.46. The first-order valence-electron chi connectivity index (χ1n) is 8.94. The van der Waals surface area contributed by atoms with E-state index in [9.17, 15) is 18.0 Å². The summed E-state index contributed by atoms with van der Waals surface area (Å²) in [7, 11) is 0. The fourth-order valence-electron chi connectivity index (χ4n) is 3.04. The number of hydrogen-bond acceptors (Lipinski definition) is 4. The number of nitrogens with one attached hydrogen (secondary N) is 1. The molecule has 5 nitrogen and oxygen atoms in total. The number of aromatic nitrogens is 2. The lowest BCUT2D eigenvalue weighted by molar-refractivity contribution is -0.136. The Morgan fingerprint density at radius 1 is 1.41 bits per heavy atom. The Balaban J connectivity index is 0.000000419. The lowest BCUT2D eigenvalue weighted by Crippen LogP contribution is -2.28. The van der Waals surface area contributed by atoms with Crippen molar-refractivity contribution in [3.8, 4) is 0 Å². The Morgan fingerprint density at radius 2 is 2.24 bits per heavy atom. The Bertz CT molecular complexity index is 936. The molecule has 1 N–H and O–H groups in total. The number of amides is 1. The van der Waals surface area contributed by atoms with E-state index in [1.165, 1.54) is 23.5 Å². The van der Waals surface area contributed by atoms with Crippen LogP contribution in [-0.2, 0) is 22.3 Å². The molecule has 0 bridgehead atoms. The van der Waals surface area contributed by atoms with Gasteiger partial charge in [0.05, 0.1) is 18.3 Å². The predicted octanol–water partition coefficient (Wildman–Crippen LogP) is 4.63. The first-order chi connectivity index (χ1) is 13.9. The number of aromatic amines is 1. The van der Waals surface area contributed by atoms with E-state index in [1.54, 1.807) is 29.4 Å². The lowest BCUT2D eigenvalue weighted by Gasteiger charge is -2.14. The standard InChI is InChI=1S/C17H16F3NO2S.C3H4N2/c1-2-16(22)21-7-6-11(9-21)23-10-12-8-13-14(17(18,19)20)4-3-5-15(13)24-12;1-2-4-5-3-1/h2-5,8,11H,1,6-7,9-10H2;1-3H,(H,4,5). The SMILES string of the molecule is C=CC(=O)N1CCC(OCc2cc3c(C(F)(F)F)cccc3s2)C1.c1cn[nH]c1. The maximum absolute atomic E-state index is 13.0. The molecule has 29 heavy (non-hydrogen) atoms. The molecule has 0 spiro atoms. The number of H-pyrrole nitrogens is 1. The van der Waals surface area contributed by atoms with Crippen LogP contribution in [0.5, 0.6) is 0 Å². The van der Waals surface area contributed by atoms with Gasteiger partial charge in [-0.3, -0.25) is 9.89 Å². The normalized spacial score (nSPS) is 16.5. The van der Waals surface area contributed by atoms with Gasteiger partial charge in [-0.15, -0.1) is 11.3 Å². The van der Waals surface area contributed by atoms with E-state index in [2.05, 4.69) is 16.8 Å². The van der Waals surface area contributed by atoms with Crippen LogP contribution in [0.25, 0.3) is 10.1 Å². The van der Waals surface area contributed by atoms with Crippen LogP contribution in [0.4, 0.5) is 13.2 Å². The molecule has 1 atom stereocenters. The highest BCUT2D eigenvalue weighted by atomic mass is 32.1. The van der Waals surface area contributed by atoms with Crippen molar-refractivity contribution in [2.75, 3.05) is 13.1 Å². The quantitative estimate of drug-likeness (QED) is 0.623. The second kappa shape index (κ2) is 9.23. The number of nitrogens with zero attached hydrogens (tertiary/aromatic N) is 2. The first kappa shape index (κ1) is 21.1. The minimum Gasteiger partial charge on any atom is -0.371 e. The number of fused-ring (bicyclic) bond motifs is 1. The van der Waals surface area contributed by atoms with E-state index in [-0.39, 0.29) is 24.0 Å². The number of carbonyl (C=O) groups is 1. The molecule has 1 aromatic carbocycles. The molecule has 0 radical (unpaired) electrons. The van der Waals surface area contributed by atoms with Crippen LogP contribution in [0, 0.1) is 0 Å². The zero-order valence-electron chi connectivity index (χ0n) is 15.5. The van der Waals surface area contributed by atoms with E-state index in [1.807, 2.05) is 6.07 Å². The Morgan fingerprint density at radius 3 is 2.86 bits per heavy atom. The number of hydrogen-bond donors (Lipinski definition) is 1.